The van der Waals surface area contributed by atoms with E-state index in [9.17, 15) is 14.4 Å². The number of nitrogens with zero attached hydrogens (tertiary/aromatic N) is 3. The van der Waals surface area contributed by atoms with Crippen molar-refractivity contribution in [2.45, 2.75) is 57.8 Å². The van der Waals surface area contributed by atoms with Gasteiger partial charge in [0.1, 0.15) is 6.04 Å². The first-order valence-electron chi connectivity index (χ1n) is 12.0. The first kappa shape index (κ1) is 25.2. The second-order valence-electron chi connectivity index (χ2n) is 9.53. The van der Waals surface area contributed by atoms with Crippen molar-refractivity contribution in [2.24, 2.45) is 5.92 Å². The molecular formula is C24H33Cl2N5O3. The Kier molecular flexibility index (Phi) is 8.02. The molecule has 186 valence electrons. The number of carbonyl (C=O) groups excluding carboxylic acids is 3. The van der Waals surface area contributed by atoms with Crippen LogP contribution in [-0.4, -0.2) is 83.4 Å². The molecule has 2 saturated heterocycles. The molecule has 1 aromatic rings. The van der Waals surface area contributed by atoms with E-state index in [2.05, 4.69) is 15.5 Å². The molecule has 0 bridgehead atoms. The Hall–Kier alpha value is -1.87. The van der Waals surface area contributed by atoms with E-state index in [1.807, 2.05) is 11.0 Å². The van der Waals surface area contributed by atoms with Crippen molar-refractivity contribution in [3.05, 3.63) is 33.8 Å². The number of rotatable bonds is 5. The predicted octanol–water partition coefficient (Wildman–Crippen LogP) is 2.09. The summed E-state index contributed by atoms with van der Waals surface area (Å²) in [6.45, 7) is 7.26. The van der Waals surface area contributed by atoms with E-state index in [-0.39, 0.29) is 29.7 Å². The summed E-state index contributed by atoms with van der Waals surface area (Å²) < 4.78 is 0. The molecular weight excluding hydrogens is 477 g/mol. The highest BCUT2D eigenvalue weighted by atomic mass is 35.5. The maximum Gasteiger partial charge on any atom is 0.242 e. The number of amides is 3. The van der Waals surface area contributed by atoms with Crippen molar-refractivity contribution in [3.63, 3.8) is 0 Å². The molecule has 4 atom stereocenters. The lowest BCUT2D eigenvalue weighted by molar-refractivity contribution is -0.150. The number of carbonyl (C=O) groups is 3. The highest BCUT2D eigenvalue weighted by Crippen LogP contribution is 2.33. The highest BCUT2D eigenvalue weighted by molar-refractivity contribution is 6.42. The molecule has 1 aromatic carbocycles. The van der Waals surface area contributed by atoms with Crippen LogP contribution in [0, 0.1) is 5.92 Å². The molecule has 0 radical (unpaired) electrons. The van der Waals surface area contributed by atoms with Gasteiger partial charge in [0.2, 0.25) is 17.7 Å². The molecule has 4 unspecified atom stereocenters. The van der Waals surface area contributed by atoms with Crippen LogP contribution in [0.4, 0.5) is 0 Å². The maximum absolute atomic E-state index is 13.4. The van der Waals surface area contributed by atoms with Crippen molar-refractivity contribution < 1.29 is 14.4 Å². The predicted molar refractivity (Wildman–Crippen MR) is 131 cm³/mol. The Labute approximate surface area is 210 Å². The fourth-order valence-electron chi connectivity index (χ4n) is 5.36. The van der Waals surface area contributed by atoms with Gasteiger partial charge in [0.15, 0.2) is 0 Å². The van der Waals surface area contributed by atoms with Crippen molar-refractivity contribution in [2.75, 3.05) is 32.8 Å². The van der Waals surface area contributed by atoms with Gasteiger partial charge in [0.25, 0.3) is 0 Å². The molecule has 1 saturated carbocycles. The van der Waals surface area contributed by atoms with Gasteiger partial charge < -0.3 is 15.1 Å². The minimum Gasteiger partial charge on any atom is -0.350 e. The van der Waals surface area contributed by atoms with E-state index < -0.39 is 6.04 Å². The Morgan fingerprint density at radius 2 is 1.88 bits per heavy atom. The van der Waals surface area contributed by atoms with E-state index >= 15 is 0 Å². The smallest absolute Gasteiger partial charge is 0.242 e. The molecule has 34 heavy (non-hydrogen) atoms. The van der Waals surface area contributed by atoms with E-state index in [4.69, 9.17) is 23.2 Å². The molecule has 8 nitrogen and oxygen atoms in total. The van der Waals surface area contributed by atoms with Crippen LogP contribution in [0.1, 0.15) is 38.7 Å². The quantitative estimate of drug-likeness (QED) is 0.634. The van der Waals surface area contributed by atoms with Crippen LogP contribution >= 0.6 is 23.2 Å². The molecule has 0 aromatic heterocycles. The van der Waals surface area contributed by atoms with E-state index in [0.717, 1.165) is 51.0 Å². The molecule has 2 heterocycles. The Balaban J connectivity index is 1.33. The van der Waals surface area contributed by atoms with Gasteiger partial charge in [-0.1, -0.05) is 29.3 Å². The average molecular weight is 510 g/mol. The van der Waals surface area contributed by atoms with Crippen LogP contribution in [0.15, 0.2) is 18.2 Å². The van der Waals surface area contributed by atoms with E-state index in [1.165, 1.54) is 0 Å². The summed E-state index contributed by atoms with van der Waals surface area (Å²) in [4.78, 5) is 43.9. The standard InChI is InChI=1S/C24H33Cl2N5O3/c1-15(23(33)27-13-17-3-5-20(25)21(26)11-17)31-14-28-22-6-4-18(12-19(22)24(31)34)30-9-7-29(8-10-30)16(2)32/h3,5,11,15,18-19,22,28H,4,6-10,12-14H2,1-2H3,(H,27,33). The molecule has 1 aliphatic carbocycles. The summed E-state index contributed by atoms with van der Waals surface area (Å²) in [7, 11) is 0. The molecule has 0 spiro atoms. The van der Waals surface area contributed by atoms with Gasteiger partial charge in [-0.2, -0.15) is 0 Å². The third-order valence-corrected chi connectivity index (χ3v) is 8.26. The molecule has 3 aliphatic rings. The maximum atomic E-state index is 13.4. The Morgan fingerprint density at radius 3 is 2.56 bits per heavy atom. The van der Waals surface area contributed by atoms with Gasteiger partial charge in [-0.3, -0.25) is 24.6 Å². The average Bonchev–Trinajstić information content (AvgIpc) is 2.84. The van der Waals surface area contributed by atoms with Gasteiger partial charge in [-0.05, 0) is 43.9 Å². The minimum atomic E-state index is -0.580. The van der Waals surface area contributed by atoms with E-state index in [0.29, 0.717) is 29.3 Å². The number of halogens is 2. The van der Waals surface area contributed by atoms with Crippen LogP contribution in [-0.2, 0) is 20.9 Å². The summed E-state index contributed by atoms with van der Waals surface area (Å²) in [5.41, 5.74) is 0.845. The minimum absolute atomic E-state index is 0.0491. The van der Waals surface area contributed by atoms with Crippen LogP contribution in [0.2, 0.25) is 10.0 Å². The zero-order valence-electron chi connectivity index (χ0n) is 19.7. The fourth-order valence-corrected chi connectivity index (χ4v) is 5.68. The normalized spacial score (nSPS) is 26.7. The third-order valence-electron chi connectivity index (χ3n) is 7.52. The second kappa shape index (κ2) is 10.8. The first-order valence-corrected chi connectivity index (χ1v) is 12.7. The lowest BCUT2D eigenvalue weighted by Crippen LogP contribution is -2.64. The van der Waals surface area contributed by atoms with Crippen molar-refractivity contribution >= 4 is 40.9 Å². The van der Waals surface area contributed by atoms with Gasteiger partial charge in [-0.25, -0.2) is 0 Å². The molecule has 10 heteroatoms. The van der Waals surface area contributed by atoms with Crippen molar-refractivity contribution in [1.29, 1.82) is 0 Å². The number of piperazine rings is 1. The summed E-state index contributed by atoms with van der Waals surface area (Å²) >= 11 is 12.0. The molecule has 3 fully saturated rings. The van der Waals surface area contributed by atoms with E-state index in [1.54, 1.807) is 30.9 Å². The number of fused-ring (bicyclic) bond motifs is 1. The molecule has 2 aliphatic heterocycles. The molecule has 3 amide bonds. The zero-order valence-corrected chi connectivity index (χ0v) is 21.2. The summed E-state index contributed by atoms with van der Waals surface area (Å²) in [6, 6.07) is 5.15. The Bertz CT molecular complexity index is 937. The fraction of sp³-hybridized carbons (Fsp3) is 0.625. The van der Waals surface area contributed by atoms with Crippen molar-refractivity contribution in [1.82, 2.24) is 25.3 Å². The largest absolute Gasteiger partial charge is 0.350 e. The highest BCUT2D eigenvalue weighted by Gasteiger charge is 2.44. The SMILES string of the molecule is CC(=O)N1CCN(C2CCC3NCN(C(C)C(=O)NCc4ccc(Cl)c(Cl)c4)C(=O)C3C2)CC1. The lowest BCUT2D eigenvalue weighted by atomic mass is 9.78. The molecule has 4 rings (SSSR count). The topological polar surface area (TPSA) is 85.0 Å². The monoisotopic (exact) mass is 509 g/mol. The number of hydrogen-bond donors (Lipinski definition) is 2. The third kappa shape index (κ3) is 5.51. The summed E-state index contributed by atoms with van der Waals surface area (Å²) in [5.74, 6) is -0.166. The second-order valence-corrected chi connectivity index (χ2v) is 10.3. The molecule has 2 N–H and O–H groups in total. The van der Waals surface area contributed by atoms with Gasteiger partial charge in [0.05, 0.1) is 22.6 Å². The lowest BCUT2D eigenvalue weighted by Gasteiger charge is -2.48. The van der Waals surface area contributed by atoms with Crippen LogP contribution in [0.25, 0.3) is 0 Å². The summed E-state index contributed by atoms with van der Waals surface area (Å²) in [5, 5.41) is 7.31. The number of hydrogen-bond acceptors (Lipinski definition) is 5. The first-order chi connectivity index (χ1) is 16.2. The van der Waals surface area contributed by atoms with Crippen molar-refractivity contribution in [3.8, 4) is 0 Å². The van der Waals surface area contributed by atoms with Gasteiger partial charge in [-0.15, -0.1) is 0 Å². The number of benzene rings is 1. The Morgan fingerprint density at radius 1 is 1.15 bits per heavy atom. The van der Waals surface area contributed by atoms with Crippen LogP contribution < -0.4 is 10.6 Å². The zero-order chi connectivity index (χ0) is 24.4. The number of nitrogens with one attached hydrogen (secondary N) is 2. The van der Waals surface area contributed by atoms with Gasteiger partial charge in [0, 0.05) is 51.7 Å². The van der Waals surface area contributed by atoms with Gasteiger partial charge >= 0.3 is 0 Å². The summed E-state index contributed by atoms with van der Waals surface area (Å²) in [6.07, 6.45) is 2.77. The van der Waals surface area contributed by atoms with Crippen LogP contribution in [0.5, 0.6) is 0 Å². The van der Waals surface area contributed by atoms with Crippen LogP contribution in [0.3, 0.4) is 0 Å².